The second-order valence-corrected chi connectivity index (χ2v) is 6.33. The normalized spacial score (nSPS) is 16.0. The van der Waals surface area contributed by atoms with Gasteiger partial charge in [0.15, 0.2) is 0 Å². The number of hydrogen-bond acceptors (Lipinski definition) is 4. The van der Waals surface area contributed by atoms with Crippen molar-refractivity contribution >= 4 is 5.69 Å². The number of nitrogens with one attached hydrogen (secondary N) is 2. The van der Waals surface area contributed by atoms with Gasteiger partial charge in [-0.1, -0.05) is 27.7 Å². The van der Waals surface area contributed by atoms with E-state index in [-0.39, 0.29) is 0 Å². The van der Waals surface area contributed by atoms with Crippen molar-refractivity contribution in [2.45, 2.75) is 52.4 Å². The number of nitrogens with two attached hydrogens (primary N) is 1. The minimum atomic E-state index is 0.373. The Morgan fingerprint density at radius 2 is 1.86 bits per heavy atom. The molecule has 0 bridgehead atoms. The monoisotopic (exact) mass is 290 g/mol. The molecule has 0 aliphatic carbocycles. The molecule has 6 nitrogen and oxygen atoms in total. The van der Waals surface area contributed by atoms with Crippen molar-refractivity contribution in [1.29, 1.82) is 0 Å². The Morgan fingerprint density at radius 1 is 1.10 bits per heavy atom. The van der Waals surface area contributed by atoms with Crippen LogP contribution in [-0.4, -0.2) is 25.6 Å². The van der Waals surface area contributed by atoms with Gasteiger partial charge in [-0.2, -0.15) is 20.5 Å². The zero-order valence-electron chi connectivity index (χ0n) is 13.3. The fourth-order valence-electron chi connectivity index (χ4n) is 2.86. The lowest BCUT2D eigenvalue weighted by molar-refractivity contribution is 0.370. The zero-order valence-corrected chi connectivity index (χ0v) is 13.3. The summed E-state index contributed by atoms with van der Waals surface area (Å²) in [4.78, 5) is 0. The van der Waals surface area contributed by atoms with Crippen LogP contribution in [0.25, 0.3) is 0 Å². The fraction of sp³-hybridized carbons (Fsp3) is 0.667. The van der Waals surface area contributed by atoms with Gasteiger partial charge in [0, 0.05) is 11.8 Å². The van der Waals surface area contributed by atoms with Crippen LogP contribution in [0.5, 0.6) is 0 Å². The minimum absolute atomic E-state index is 0.373. The second kappa shape index (κ2) is 6.74. The van der Waals surface area contributed by atoms with Crippen molar-refractivity contribution in [3.05, 3.63) is 23.8 Å². The molecule has 2 heterocycles. The van der Waals surface area contributed by atoms with Crippen LogP contribution in [0.2, 0.25) is 0 Å². The van der Waals surface area contributed by atoms with Gasteiger partial charge in [0.05, 0.1) is 29.5 Å². The van der Waals surface area contributed by atoms with Crippen molar-refractivity contribution < 1.29 is 0 Å². The molecular weight excluding hydrogens is 264 g/mol. The van der Waals surface area contributed by atoms with Gasteiger partial charge in [-0.05, 0) is 24.7 Å². The molecule has 0 saturated carbocycles. The van der Waals surface area contributed by atoms with Crippen LogP contribution in [0.4, 0.5) is 5.69 Å². The standard InChI is InChI=1S/C15H26N6/c1-9(2)12(14-8-18-21-19-14)6-5-10(3)11(4)15-13(16)7-17-20-15/h7-12H,5-6,16H2,1-4H3,(H,17,20)(H,18,19,21). The molecule has 4 N–H and O–H groups in total. The number of aromatic nitrogens is 5. The molecule has 0 aliphatic heterocycles. The molecule has 0 radical (unpaired) electrons. The largest absolute Gasteiger partial charge is 0.396 e. The van der Waals surface area contributed by atoms with E-state index >= 15 is 0 Å². The third kappa shape index (κ3) is 3.62. The molecule has 0 spiro atoms. The minimum Gasteiger partial charge on any atom is -0.396 e. The van der Waals surface area contributed by atoms with E-state index in [4.69, 9.17) is 5.73 Å². The summed E-state index contributed by atoms with van der Waals surface area (Å²) in [5.74, 6) is 1.89. The molecule has 21 heavy (non-hydrogen) atoms. The van der Waals surface area contributed by atoms with Crippen LogP contribution in [0.15, 0.2) is 12.4 Å². The summed E-state index contributed by atoms with van der Waals surface area (Å²) < 4.78 is 0. The van der Waals surface area contributed by atoms with Gasteiger partial charge in [0.1, 0.15) is 0 Å². The number of rotatable bonds is 7. The maximum atomic E-state index is 5.94. The predicted molar refractivity (Wildman–Crippen MR) is 83.8 cm³/mol. The summed E-state index contributed by atoms with van der Waals surface area (Å²) in [6.07, 6.45) is 5.75. The highest BCUT2D eigenvalue weighted by Crippen LogP contribution is 2.34. The first-order chi connectivity index (χ1) is 10.0. The summed E-state index contributed by atoms with van der Waals surface area (Å²) in [7, 11) is 0. The summed E-state index contributed by atoms with van der Waals surface area (Å²) in [5, 5.41) is 17.9. The summed E-state index contributed by atoms with van der Waals surface area (Å²) in [6.45, 7) is 8.95. The first-order valence-electron chi connectivity index (χ1n) is 7.65. The van der Waals surface area contributed by atoms with Gasteiger partial charge in [-0.15, -0.1) is 0 Å². The van der Waals surface area contributed by atoms with Gasteiger partial charge >= 0.3 is 0 Å². The van der Waals surface area contributed by atoms with E-state index in [9.17, 15) is 0 Å². The lowest BCUT2D eigenvalue weighted by Crippen LogP contribution is -2.13. The molecule has 116 valence electrons. The molecule has 0 amide bonds. The topological polar surface area (TPSA) is 96.3 Å². The molecule has 3 atom stereocenters. The van der Waals surface area contributed by atoms with Crippen LogP contribution in [0, 0.1) is 11.8 Å². The first kappa shape index (κ1) is 15.5. The predicted octanol–water partition coefficient (Wildman–Crippen LogP) is 3.07. The van der Waals surface area contributed by atoms with Crippen LogP contribution in [0.1, 0.15) is 63.8 Å². The summed E-state index contributed by atoms with van der Waals surface area (Å²) in [5.41, 5.74) is 8.81. The van der Waals surface area contributed by atoms with Crippen molar-refractivity contribution in [2.75, 3.05) is 5.73 Å². The fourth-order valence-corrected chi connectivity index (χ4v) is 2.86. The van der Waals surface area contributed by atoms with Gasteiger partial charge in [-0.3, -0.25) is 5.10 Å². The van der Waals surface area contributed by atoms with E-state index in [1.54, 1.807) is 6.20 Å². The molecular formula is C15H26N6. The number of hydrogen-bond donors (Lipinski definition) is 3. The Morgan fingerprint density at radius 3 is 2.38 bits per heavy atom. The van der Waals surface area contributed by atoms with Crippen molar-refractivity contribution in [2.24, 2.45) is 11.8 Å². The molecule has 0 aromatic carbocycles. The van der Waals surface area contributed by atoms with Crippen LogP contribution in [-0.2, 0) is 0 Å². The van der Waals surface area contributed by atoms with Crippen molar-refractivity contribution in [3.8, 4) is 0 Å². The van der Waals surface area contributed by atoms with Gasteiger partial charge in [0.2, 0.25) is 0 Å². The highest BCUT2D eigenvalue weighted by atomic mass is 15.3. The molecule has 2 rings (SSSR count). The number of H-pyrrole nitrogens is 2. The number of anilines is 1. The molecule has 2 aromatic rings. The zero-order chi connectivity index (χ0) is 15.4. The van der Waals surface area contributed by atoms with Gasteiger partial charge in [0.25, 0.3) is 0 Å². The van der Waals surface area contributed by atoms with Crippen molar-refractivity contribution in [3.63, 3.8) is 0 Å². The van der Waals surface area contributed by atoms with E-state index < -0.39 is 0 Å². The Bertz CT molecular complexity index is 530. The SMILES string of the molecule is CC(C)C(CCC(C)C(C)c1[nH]ncc1N)c1cn[nH]n1. The Kier molecular flexibility index (Phi) is 4.98. The highest BCUT2D eigenvalue weighted by molar-refractivity contribution is 5.42. The average molecular weight is 290 g/mol. The Balaban J connectivity index is 1.96. The third-order valence-electron chi connectivity index (χ3n) is 4.56. The quantitative estimate of drug-likeness (QED) is 0.730. The molecule has 0 fully saturated rings. The second-order valence-electron chi connectivity index (χ2n) is 6.33. The Labute approximate surface area is 125 Å². The number of aromatic amines is 2. The lowest BCUT2D eigenvalue weighted by Gasteiger charge is -2.23. The lowest BCUT2D eigenvalue weighted by atomic mass is 9.82. The molecule has 6 heteroatoms. The van der Waals surface area contributed by atoms with Crippen LogP contribution < -0.4 is 5.73 Å². The maximum Gasteiger partial charge on any atom is 0.0858 e. The summed E-state index contributed by atoms with van der Waals surface area (Å²) >= 11 is 0. The van der Waals surface area contributed by atoms with Gasteiger partial charge in [-0.25, -0.2) is 0 Å². The molecule has 2 aromatic heterocycles. The number of nitrogens with zero attached hydrogens (tertiary/aromatic N) is 3. The highest BCUT2D eigenvalue weighted by Gasteiger charge is 2.23. The van der Waals surface area contributed by atoms with E-state index in [1.165, 1.54) is 0 Å². The van der Waals surface area contributed by atoms with E-state index in [2.05, 4.69) is 53.3 Å². The maximum absolute atomic E-state index is 5.94. The molecule has 0 aliphatic rings. The Hall–Kier alpha value is -1.85. The van der Waals surface area contributed by atoms with Gasteiger partial charge < -0.3 is 5.73 Å². The smallest absolute Gasteiger partial charge is 0.0858 e. The van der Waals surface area contributed by atoms with E-state index in [1.807, 2.05) is 6.20 Å². The van der Waals surface area contributed by atoms with E-state index in [0.29, 0.717) is 23.7 Å². The number of nitrogen functional groups attached to an aromatic ring is 1. The summed E-state index contributed by atoms with van der Waals surface area (Å²) in [6, 6.07) is 0. The molecule has 3 unspecified atom stereocenters. The average Bonchev–Trinajstić information content (AvgIpc) is 3.09. The van der Waals surface area contributed by atoms with Crippen LogP contribution >= 0.6 is 0 Å². The third-order valence-corrected chi connectivity index (χ3v) is 4.56. The van der Waals surface area contributed by atoms with Crippen molar-refractivity contribution in [1.82, 2.24) is 25.6 Å². The van der Waals surface area contributed by atoms with Crippen LogP contribution in [0.3, 0.4) is 0 Å². The van der Waals surface area contributed by atoms with E-state index in [0.717, 1.165) is 29.9 Å². The molecule has 0 saturated heterocycles. The first-order valence-corrected chi connectivity index (χ1v) is 7.65.